The van der Waals surface area contributed by atoms with E-state index in [1.807, 2.05) is 30.3 Å². The molecule has 4 rings (SSSR count). The Bertz CT molecular complexity index is 1430. The molecule has 218 valence electrons. The first-order valence-electron chi connectivity index (χ1n) is 13.6. The lowest BCUT2D eigenvalue weighted by Crippen LogP contribution is -2.15. The maximum absolute atomic E-state index is 12.1. The van der Waals surface area contributed by atoms with Crippen molar-refractivity contribution in [2.75, 3.05) is 48.9 Å². The maximum Gasteiger partial charge on any atom is 0.233 e. The Morgan fingerprint density at radius 3 is 1.88 bits per heavy atom. The van der Waals surface area contributed by atoms with Crippen molar-refractivity contribution in [3.63, 3.8) is 0 Å². The summed E-state index contributed by atoms with van der Waals surface area (Å²) in [5.74, 6) is 1.17. The standard InChI is InChI=1S/C31H34N6O5/c1-22(38)23-9-11-25(12-10-23)33-30-35-29(36-31(37-30)34-26-13-15-27(39)16-14-26)32-17-19-42-21-20-41-18-5-8-28(40)24-6-3-2-4-7-24/h2-4,6-7,9-16,39H,5,8,17-21H2,1H3,(H3,32,33,34,35,36,37). The Morgan fingerprint density at radius 2 is 1.26 bits per heavy atom. The molecule has 1 heterocycles. The van der Waals surface area contributed by atoms with Crippen LogP contribution in [0, 0.1) is 0 Å². The van der Waals surface area contributed by atoms with Crippen LogP contribution in [0.15, 0.2) is 78.9 Å². The second-order valence-electron chi connectivity index (χ2n) is 9.28. The summed E-state index contributed by atoms with van der Waals surface area (Å²) in [6.07, 6.45) is 1.11. The predicted octanol–water partition coefficient (Wildman–Crippen LogP) is 5.38. The van der Waals surface area contributed by atoms with E-state index in [1.54, 1.807) is 48.5 Å². The number of aromatic nitrogens is 3. The number of Topliss-reactive ketones (excluding diaryl/α,β-unsaturated/α-hetero) is 2. The van der Waals surface area contributed by atoms with Crippen LogP contribution in [0.5, 0.6) is 5.75 Å². The Morgan fingerprint density at radius 1 is 0.690 bits per heavy atom. The van der Waals surface area contributed by atoms with Crippen molar-refractivity contribution >= 4 is 40.8 Å². The molecular weight excluding hydrogens is 536 g/mol. The molecule has 4 N–H and O–H groups in total. The van der Waals surface area contributed by atoms with E-state index >= 15 is 0 Å². The maximum atomic E-state index is 12.1. The zero-order valence-electron chi connectivity index (χ0n) is 23.4. The molecule has 11 heteroatoms. The van der Waals surface area contributed by atoms with Crippen LogP contribution in [0.2, 0.25) is 0 Å². The number of benzene rings is 3. The molecule has 0 saturated heterocycles. The number of ketones is 2. The summed E-state index contributed by atoms with van der Waals surface area (Å²) >= 11 is 0. The summed E-state index contributed by atoms with van der Waals surface area (Å²) < 4.78 is 11.2. The first-order valence-corrected chi connectivity index (χ1v) is 13.6. The summed E-state index contributed by atoms with van der Waals surface area (Å²) in [4.78, 5) is 37.0. The van der Waals surface area contributed by atoms with Gasteiger partial charge in [-0.25, -0.2) is 0 Å². The van der Waals surface area contributed by atoms with Gasteiger partial charge in [-0.05, 0) is 61.9 Å². The molecule has 0 amide bonds. The van der Waals surface area contributed by atoms with Crippen molar-refractivity contribution in [3.8, 4) is 5.75 Å². The molecule has 0 saturated carbocycles. The number of phenolic OH excluding ortho intramolecular Hbond substituents is 1. The highest BCUT2D eigenvalue weighted by molar-refractivity contribution is 5.96. The number of rotatable bonds is 17. The Labute approximate surface area is 244 Å². The molecule has 3 aromatic carbocycles. The lowest BCUT2D eigenvalue weighted by Gasteiger charge is -2.12. The zero-order chi connectivity index (χ0) is 29.6. The molecule has 4 aromatic rings. The van der Waals surface area contributed by atoms with Crippen molar-refractivity contribution < 1.29 is 24.2 Å². The van der Waals surface area contributed by atoms with Gasteiger partial charge in [-0.15, -0.1) is 0 Å². The zero-order valence-corrected chi connectivity index (χ0v) is 23.4. The number of aromatic hydroxyl groups is 1. The minimum atomic E-state index is -0.0160. The van der Waals surface area contributed by atoms with Gasteiger partial charge in [-0.3, -0.25) is 9.59 Å². The van der Waals surface area contributed by atoms with E-state index in [2.05, 4.69) is 30.9 Å². The van der Waals surface area contributed by atoms with E-state index in [-0.39, 0.29) is 17.3 Å². The SMILES string of the molecule is CC(=O)c1ccc(Nc2nc(NCCOCCOCCCC(=O)c3ccccc3)nc(Nc3ccc(O)cc3)n2)cc1. The minimum absolute atomic E-state index is 0.0160. The van der Waals surface area contributed by atoms with Gasteiger partial charge in [-0.1, -0.05) is 30.3 Å². The van der Waals surface area contributed by atoms with E-state index in [9.17, 15) is 14.7 Å². The number of ether oxygens (including phenoxy) is 2. The molecule has 0 aliphatic heterocycles. The molecule has 0 atom stereocenters. The smallest absolute Gasteiger partial charge is 0.233 e. The van der Waals surface area contributed by atoms with Gasteiger partial charge >= 0.3 is 0 Å². The van der Waals surface area contributed by atoms with Gasteiger partial charge in [0.1, 0.15) is 5.75 Å². The van der Waals surface area contributed by atoms with E-state index in [1.165, 1.54) is 6.92 Å². The third-order valence-electron chi connectivity index (χ3n) is 6.00. The van der Waals surface area contributed by atoms with Crippen LogP contribution >= 0.6 is 0 Å². The monoisotopic (exact) mass is 570 g/mol. The molecule has 42 heavy (non-hydrogen) atoms. The summed E-state index contributed by atoms with van der Waals surface area (Å²) in [7, 11) is 0. The first kappa shape index (κ1) is 30.1. The molecule has 0 aliphatic rings. The summed E-state index contributed by atoms with van der Waals surface area (Å²) in [5.41, 5.74) is 2.73. The van der Waals surface area contributed by atoms with Crippen LogP contribution < -0.4 is 16.0 Å². The summed E-state index contributed by atoms with van der Waals surface area (Å²) in [6.45, 7) is 3.71. The molecule has 1 aromatic heterocycles. The molecule has 0 unspecified atom stereocenters. The van der Waals surface area contributed by atoms with Crippen molar-refractivity contribution in [2.24, 2.45) is 0 Å². The number of nitrogens with zero attached hydrogens (tertiary/aromatic N) is 3. The number of nitrogens with one attached hydrogen (secondary N) is 3. The Balaban J connectivity index is 1.23. The van der Waals surface area contributed by atoms with Crippen molar-refractivity contribution in [2.45, 2.75) is 19.8 Å². The topological polar surface area (TPSA) is 148 Å². The normalized spacial score (nSPS) is 10.7. The van der Waals surface area contributed by atoms with Gasteiger partial charge < -0.3 is 30.5 Å². The van der Waals surface area contributed by atoms with E-state index in [0.717, 1.165) is 5.56 Å². The molecule has 11 nitrogen and oxygen atoms in total. The Hall–Kier alpha value is -4.87. The number of carbonyl (C=O) groups is 2. The predicted molar refractivity (Wildman–Crippen MR) is 161 cm³/mol. The van der Waals surface area contributed by atoms with Crippen LogP contribution in [0.1, 0.15) is 40.5 Å². The molecular formula is C31H34N6O5. The van der Waals surface area contributed by atoms with Gasteiger partial charge in [0.05, 0.1) is 19.8 Å². The average Bonchev–Trinajstić information content (AvgIpc) is 3.00. The quantitative estimate of drug-likeness (QED) is 0.0737. The molecule has 0 aliphatic carbocycles. The average molecular weight is 571 g/mol. The van der Waals surface area contributed by atoms with Gasteiger partial charge in [-0.2, -0.15) is 15.0 Å². The number of hydrogen-bond donors (Lipinski definition) is 4. The summed E-state index contributed by atoms with van der Waals surface area (Å²) in [6, 6.07) is 22.8. The fourth-order valence-electron chi connectivity index (χ4n) is 3.82. The third kappa shape index (κ3) is 9.95. The molecule has 0 spiro atoms. The molecule has 0 fully saturated rings. The van der Waals surface area contributed by atoms with Gasteiger partial charge in [0.2, 0.25) is 17.8 Å². The van der Waals surface area contributed by atoms with E-state index in [0.29, 0.717) is 80.6 Å². The van der Waals surface area contributed by atoms with Gasteiger partial charge in [0.15, 0.2) is 11.6 Å². The second kappa shape index (κ2) is 15.8. The van der Waals surface area contributed by atoms with Gasteiger partial charge in [0.25, 0.3) is 0 Å². The lowest BCUT2D eigenvalue weighted by atomic mass is 10.1. The second-order valence-corrected chi connectivity index (χ2v) is 9.28. The van der Waals surface area contributed by atoms with Crippen LogP contribution in [-0.2, 0) is 9.47 Å². The highest BCUT2D eigenvalue weighted by Gasteiger charge is 2.09. The van der Waals surface area contributed by atoms with Crippen LogP contribution in [0.4, 0.5) is 29.2 Å². The number of anilines is 5. The van der Waals surface area contributed by atoms with E-state index in [4.69, 9.17) is 9.47 Å². The largest absolute Gasteiger partial charge is 0.508 e. The van der Waals surface area contributed by atoms with Crippen molar-refractivity contribution in [3.05, 3.63) is 90.0 Å². The Kier molecular flexibility index (Phi) is 11.3. The van der Waals surface area contributed by atoms with Gasteiger partial charge in [0, 0.05) is 42.1 Å². The molecule has 0 bridgehead atoms. The van der Waals surface area contributed by atoms with Crippen molar-refractivity contribution in [1.82, 2.24) is 15.0 Å². The first-order chi connectivity index (χ1) is 20.5. The fraction of sp³-hybridized carbons (Fsp3) is 0.258. The highest BCUT2D eigenvalue weighted by Crippen LogP contribution is 2.21. The lowest BCUT2D eigenvalue weighted by molar-refractivity contribution is 0.0497. The number of phenols is 1. The number of carbonyl (C=O) groups excluding carboxylic acids is 2. The van der Waals surface area contributed by atoms with Crippen LogP contribution in [0.3, 0.4) is 0 Å². The van der Waals surface area contributed by atoms with Crippen LogP contribution in [0.25, 0.3) is 0 Å². The van der Waals surface area contributed by atoms with E-state index < -0.39 is 0 Å². The summed E-state index contributed by atoms with van der Waals surface area (Å²) in [5, 5.41) is 18.9. The molecule has 0 radical (unpaired) electrons. The van der Waals surface area contributed by atoms with Crippen molar-refractivity contribution in [1.29, 1.82) is 0 Å². The minimum Gasteiger partial charge on any atom is -0.508 e. The third-order valence-corrected chi connectivity index (χ3v) is 6.00. The highest BCUT2D eigenvalue weighted by atomic mass is 16.5. The van der Waals surface area contributed by atoms with Crippen LogP contribution in [-0.4, -0.2) is 64.6 Å². The number of hydrogen-bond acceptors (Lipinski definition) is 11. The fourth-order valence-corrected chi connectivity index (χ4v) is 3.82.